The first-order chi connectivity index (χ1) is 8.80. The smallest absolute Gasteiger partial charge is 0.130 e. The van der Waals surface area contributed by atoms with Crippen molar-refractivity contribution in [2.75, 3.05) is 6.61 Å². The Balaban J connectivity index is 2.56. The van der Waals surface area contributed by atoms with Gasteiger partial charge in [0.15, 0.2) is 0 Å². The van der Waals surface area contributed by atoms with Gasteiger partial charge in [-0.25, -0.2) is 0 Å². The van der Waals surface area contributed by atoms with Crippen LogP contribution >= 0.6 is 0 Å². The summed E-state index contributed by atoms with van der Waals surface area (Å²) in [6.07, 6.45) is 4.97. The zero-order valence-corrected chi connectivity index (χ0v) is 10.5. The molecule has 0 aliphatic rings. The molecule has 0 amide bonds. The summed E-state index contributed by atoms with van der Waals surface area (Å²) in [6.45, 7) is 2.88. The van der Waals surface area contributed by atoms with Gasteiger partial charge in [-0.3, -0.25) is 0 Å². The van der Waals surface area contributed by atoms with Gasteiger partial charge in [-0.15, -0.1) is 0 Å². The van der Waals surface area contributed by atoms with E-state index in [1.807, 2.05) is 36.4 Å². The van der Waals surface area contributed by atoms with E-state index in [0.717, 1.165) is 24.3 Å². The highest BCUT2D eigenvalue weighted by Gasteiger charge is 1.96. The van der Waals surface area contributed by atoms with Gasteiger partial charge in [0.1, 0.15) is 23.5 Å². The summed E-state index contributed by atoms with van der Waals surface area (Å²) in [5, 5.41) is 17.3. The molecule has 1 aromatic rings. The Kier molecular flexibility index (Phi) is 6.08. The maximum Gasteiger partial charge on any atom is 0.130 e. The molecule has 0 saturated heterocycles. The molecular formula is C15H16N2O. The molecule has 0 radical (unpaired) electrons. The Hall–Kier alpha value is -2.26. The van der Waals surface area contributed by atoms with Crippen LogP contribution in [0.4, 0.5) is 0 Å². The zero-order valence-electron chi connectivity index (χ0n) is 10.5. The van der Waals surface area contributed by atoms with Crippen LogP contribution in [0, 0.1) is 22.7 Å². The van der Waals surface area contributed by atoms with Crippen LogP contribution in [0.2, 0.25) is 0 Å². The molecular weight excluding hydrogens is 224 g/mol. The third-order valence-corrected chi connectivity index (χ3v) is 2.45. The summed E-state index contributed by atoms with van der Waals surface area (Å²) < 4.78 is 5.57. The lowest BCUT2D eigenvalue weighted by Gasteiger charge is -2.05. The minimum atomic E-state index is 0.103. The lowest BCUT2D eigenvalue weighted by atomic mass is 10.1. The van der Waals surface area contributed by atoms with Crippen molar-refractivity contribution in [1.29, 1.82) is 10.5 Å². The van der Waals surface area contributed by atoms with E-state index in [9.17, 15) is 0 Å². The standard InChI is InChI=1S/C15H16N2O/c1-2-3-4-9-18-15-7-5-13(6-8-15)10-14(11-16)12-17/h5-8,10H,2-4,9H2,1H3. The second kappa shape index (κ2) is 7.92. The van der Waals surface area contributed by atoms with Crippen LogP contribution in [0.5, 0.6) is 5.75 Å². The summed E-state index contributed by atoms with van der Waals surface area (Å²) in [7, 11) is 0. The van der Waals surface area contributed by atoms with Crippen molar-refractivity contribution in [3.05, 3.63) is 35.4 Å². The van der Waals surface area contributed by atoms with Gasteiger partial charge in [0, 0.05) is 0 Å². The topological polar surface area (TPSA) is 56.8 Å². The Morgan fingerprint density at radius 3 is 2.39 bits per heavy atom. The highest BCUT2D eigenvalue weighted by atomic mass is 16.5. The van der Waals surface area contributed by atoms with E-state index in [2.05, 4.69) is 6.92 Å². The van der Waals surface area contributed by atoms with Gasteiger partial charge in [0.25, 0.3) is 0 Å². The first-order valence-corrected chi connectivity index (χ1v) is 6.05. The molecule has 0 aliphatic heterocycles. The van der Waals surface area contributed by atoms with Gasteiger partial charge in [0.2, 0.25) is 0 Å². The molecule has 0 heterocycles. The van der Waals surface area contributed by atoms with Crippen molar-refractivity contribution in [2.45, 2.75) is 26.2 Å². The van der Waals surface area contributed by atoms with E-state index in [-0.39, 0.29) is 5.57 Å². The quantitative estimate of drug-likeness (QED) is 0.563. The first-order valence-electron chi connectivity index (χ1n) is 6.05. The number of benzene rings is 1. The molecule has 3 heteroatoms. The number of nitrogens with zero attached hydrogens (tertiary/aromatic N) is 2. The third kappa shape index (κ3) is 4.72. The summed E-state index contributed by atoms with van der Waals surface area (Å²) in [5.74, 6) is 0.818. The summed E-state index contributed by atoms with van der Waals surface area (Å²) in [5.41, 5.74) is 0.931. The van der Waals surface area contributed by atoms with E-state index < -0.39 is 0 Å². The van der Waals surface area contributed by atoms with E-state index in [0.29, 0.717) is 0 Å². The Labute approximate surface area is 108 Å². The maximum absolute atomic E-state index is 8.64. The first kappa shape index (κ1) is 13.8. The van der Waals surface area contributed by atoms with Gasteiger partial charge < -0.3 is 4.74 Å². The summed E-state index contributed by atoms with van der Waals surface area (Å²) in [4.78, 5) is 0. The van der Waals surface area contributed by atoms with E-state index in [4.69, 9.17) is 15.3 Å². The van der Waals surface area contributed by atoms with Gasteiger partial charge in [-0.2, -0.15) is 10.5 Å². The average Bonchev–Trinajstić information content (AvgIpc) is 2.42. The van der Waals surface area contributed by atoms with Crippen molar-refractivity contribution in [1.82, 2.24) is 0 Å². The number of nitriles is 2. The van der Waals surface area contributed by atoms with Crippen LogP contribution in [0.25, 0.3) is 6.08 Å². The van der Waals surface area contributed by atoms with E-state index in [1.54, 1.807) is 6.08 Å². The molecule has 0 N–H and O–H groups in total. The van der Waals surface area contributed by atoms with Gasteiger partial charge in [-0.1, -0.05) is 31.9 Å². The Bertz CT molecular complexity index is 459. The highest BCUT2D eigenvalue weighted by Crippen LogP contribution is 2.14. The van der Waals surface area contributed by atoms with Crippen molar-refractivity contribution in [2.24, 2.45) is 0 Å². The van der Waals surface area contributed by atoms with Crippen LogP contribution < -0.4 is 4.74 Å². The Morgan fingerprint density at radius 2 is 1.83 bits per heavy atom. The molecule has 92 valence electrons. The normalized spacial score (nSPS) is 9.06. The fourth-order valence-electron chi connectivity index (χ4n) is 1.46. The number of ether oxygens (including phenoxy) is 1. The average molecular weight is 240 g/mol. The number of hydrogen-bond acceptors (Lipinski definition) is 3. The second-order valence-corrected chi connectivity index (χ2v) is 3.91. The van der Waals surface area contributed by atoms with Crippen LogP contribution in [0.1, 0.15) is 31.7 Å². The molecule has 1 aromatic carbocycles. The predicted octanol–water partition coefficient (Wildman–Crippen LogP) is 3.69. The molecule has 3 nitrogen and oxygen atoms in total. The Morgan fingerprint density at radius 1 is 1.17 bits per heavy atom. The largest absolute Gasteiger partial charge is 0.494 e. The van der Waals surface area contributed by atoms with Crippen molar-refractivity contribution >= 4 is 6.08 Å². The number of unbranched alkanes of at least 4 members (excludes halogenated alkanes) is 2. The van der Waals surface area contributed by atoms with Crippen molar-refractivity contribution in [3.63, 3.8) is 0 Å². The molecule has 0 aliphatic carbocycles. The third-order valence-electron chi connectivity index (χ3n) is 2.45. The fourth-order valence-corrected chi connectivity index (χ4v) is 1.46. The van der Waals surface area contributed by atoms with Crippen LogP contribution in [-0.2, 0) is 0 Å². The molecule has 0 unspecified atom stereocenters. The molecule has 0 saturated carbocycles. The highest BCUT2D eigenvalue weighted by molar-refractivity contribution is 5.62. The second-order valence-electron chi connectivity index (χ2n) is 3.91. The molecule has 0 spiro atoms. The molecule has 0 aromatic heterocycles. The minimum Gasteiger partial charge on any atom is -0.494 e. The molecule has 0 fully saturated rings. The number of allylic oxidation sites excluding steroid dienone is 1. The van der Waals surface area contributed by atoms with E-state index >= 15 is 0 Å². The van der Waals surface area contributed by atoms with E-state index in [1.165, 1.54) is 12.8 Å². The number of rotatable bonds is 6. The van der Waals surface area contributed by atoms with Crippen LogP contribution in [0.3, 0.4) is 0 Å². The van der Waals surface area contributed by atoms with Gasteiger partial charge in [0.05, 0.1) is 6.61 Å². The van der Waals surface area contributed by atoms with Crippen LogP contribution in [-0.4, -0.2) is 6.61 Å². The van der Waals surface area contributed by atoms with Crippen molar-refractivity contribution in [3.8, 4) is 17.9 Å². The lowest BCUT2D eigenvalue weighted by molar-refractivity contribution is 0.306. The minimum absolute atomic E-state index is 0.103. The van der Waals surface area contributed by atoms with Gasteiger partial charge >= 0.3 is 0 Å². The van der Waals surface area contributed by atoms with Crippen molar-refractivity contribution < 1.29 is 4.74 Å². The predicted molar refractivity (Wildman–Crippen MR) is 70.7 cm³/mol. The zero-order chi connectivity index (χ0) is 13.2. The van der Waals surface area contributed by atoms with Crippen LogP contribution in [0.15, 0.2) is 29.8 Å². The maximum atomic E-state index is 8.64. The summed E-state index contributed by atoms with van der Waals surface area (Å²) >= 11 is 0. The molecule has 18 heavy (non-hydrogen) atoms. The SMILES string of the molecule is CCCCCOc1ccc(C=C(C#N)C#N)cc1. The number of hydrogen-bond donors (Lipinski definition) is 0. The fraction of sp³-hybridized carbons (Fsp3) is 0.333. The lowest BCUT2D eigenvalue weighted by Crippen LogP contribution is -1.96. The van der Waals surface area contributed by atoms with Gasteiger partial charge in [-0.05, 0) is 30.2 Å². The monoisotopic (exact) mass is 240 g/mol. The summed E-state index contributed by atoms with van der Waals surface area (Å²) in [6, 6.07) is 11.0. The molecule has 0 bridgehead atoms. The molecule has 1 rings (SSSR count). The molecule has 0 atom stereocenters.